The van der Waals surface area contributed by atoms with Crippen molar-refractivity contribution in [1.29, 1.82) is 0 Å². The summed E-state index contributed by atoms with van der Waals surface area (Å²) < 4.78 is 17.6. The quantitative estimate of drug-likeness (QED) is 0.570. The zero-order chi connectivity index (χ0) is 19.7. The number of hydrogen-bond acceptors (Lipinski definition) is 6. The lowest BCUT2D eigenvalue weighted by Gasteiger charge is -2.10. The number of rotatable bonds is 5. The zero-order valence-electron chi connectivity index (χ0n) is 15.7. The summed E-state index contributed by atoms with van der Waals surface area (Å²) in [4.78, 5) is 0. The number of hydrogen-bond donors (Lipinski definition) is 1. The Bertz CT molecular complexity index is 1130. The minimum atomic E-state index is 0.0873. The van der Waals surface area contributed by atoms with Crippen LogP contribution in [0.15, 0.2) is 54.6 Å². The fourth-order valence-electron chi connectivity index (χ4n) is 3.07. The van der Waals surface area contributed by atoms with E-state index in [1.165, 1.54) is 7.11 Å². The first-order chi connectivity index (χ1) is 13.6. The molecular formula is C21H19N3O4. The first kappa shape index (κ1) is 17.7. The Morgan fingerprint density at radius 2 is 1.46 bits per heavy atom. The van der Waals surface area contributed by atoms with Crippen LogP contribution in [0.1, 0.15) is 0 Å². The highest BCUT2D eigenvalue weighted by Crippen LogP contribution is 2.33. The van der Waals surface area contributed by atoms with Crippen LogP contribution in [-0.4, -0.2) is 41.4 Å². The monoisotopic (exact) mass is 377 g/mol. The van der Waals surface area contributed by atoms with Crippen LogP contribution < -0.4 is 14.2 Å². The van der Waals surface area contributed by atoms with Crippen LogP contribution in [-0.2, 0) is 0 Å². The van der Waals surface area contributed by atoms with Crippen LogP contribution in [0.5, 0.6) is 23.0 Å². The maximum absolute atomic E-state index is 10.1. The largest absolute Gasteiger partial charge is 0.504 e. The Morgan fingerprint density at radius 1 is 0.786 bits per heavy atom. The van der Waals surface area contributed by atoms with Gasteiger partial charge in [0.2, 0.25) is 0 Å². The second kappa shape index (κ2) is 7.11. The Labute approximate surface area is 161 Å². The molecule has 142 valence electrons. The molecular weight excluding hydrogens is 358 g/mol. The summed E-state index contributed by atoms with van der Waals surface area (Å²) in [5.41, 5.74) is 4.12. The van der Waals surface area contributed by atoms with Crippen LogP contribution in [0, 0.1) is 0 Å². The average Bonchev–Trinajstić information content (AvgIpc) is 3.16. The van der Waals surface area contributed by atoms with E-state index < -0.39 is 0 Å². The van der Waals surface area contributed by atoms with Gasteiger partial charge >= 0.3 is 0 Å². The smallest absolute Gasteiger partial charge is 0.160 e. The maximum Gasteiger partial charge on any atom is 0.160 e. The summed E-state index contributed by atoms with van der Waals surface area (Å²) in [7, 11) is 4.73. The molecule has 0 unspecified atom stereocenters. The van der Waals surface area contributed by atoms with E-state index >= 15 is 0 Å². The molecule has 0 spiro atoms. The van der Waals surface area contributed by atoms with Crippen LogP contribution >= 0.6 is 0 Å². The van der Waals surface area contributed by atoms with Gasteiger partial charge in [-0.2, -0.15) is 0 Å². The molecule has 0 saturated heterocycles. The molecule has 1 aromatic heterocycles. The number of aromatic hydroxyl groups is 1. The molecule has 7 heteroatoms. The third-order valence-corrected chi connectivity index (χ3v) is 4.54. The minimum absolute atomic E-state index is 0.0873. The lowest BCUT2D eigenvalue weighted by Crippen LogP contribution is -1.98. The normalized spacial score (nSPS) is 10.8. The van der Waals surface area contributed by atoms with Gasteiger partial charge in [0.15, 0.2) is 11.5 Å². The standard InChI is InChI=1S/C21H19N3O4/c1-26-16-10-15(11-17(12-16)27-2)24-19-8-13(4-6-18(19)22-23-24)14-5-7-21(28-3)20(25)9-14/h4-12,25H,1-3H3. The van der Waals surface area contributed by atoms with Crippen LogP contribution in [0.4, 0.5) is 0 Å². The Morgan fingerprint density at radius 3 is 2.11 bits per heavy atom. The number of fused-ring (bicyclic) bond motifs is 1. The highest BCUT2D eigenvalue weighted by Gasteiger charge is 2.12. The van der Waals surface area contributed by atoms with Gasteiger partial charge in [-0.25, -0.2) is 4.68 Å². The SMILES string of the molecule is COc1cc(OC)cc(-n2nnc3ccc(-c4ccc(OC)c(O)c4)cc32)c1. The van der Waals surface area contributed by atoms with Crippen molar-refractivity contribution in [2.75, 3.05) is 21.3 Å². The van der Waals surface area contributed by atoms with Crippen molar-refractivity contribution in [1.82, 2.24) is 15.0 Å². The molecule has 0 aliphatic carbocycles. The van der Waals surface area contributed by atoms with Crippen molar-refractivity contribution < 1.29 is 19.3 Å². The van der Waals surface area contributed by atoms with E-state index in [2.05, 4.69) is 10.3 Å². The molecule has 4 rings (SSSR count). The fraction of sp³-hybridized carbons (Fsp3) is 0.143. The molecule has 0 atom stereocenters. The van der Waals surface area contributed by atoms with Gasteiger partial charge in [-0.15, -0.1) is 5.10 Å². The van der Waals surface area contributed by atoms with Gasteiger partial charge < -0.3 is 19.3 Å². The Balaban J connectivity index is 1.84. The number of benzene rings is 3. The number of ether oxygens (including phenoxy) is 3. The molecule has 7 nitrogen and oxygen atoms in total. The minimum Gasteiger partial charge on any atom is -0.504 e. The van der Waals surface area contributed by atoms with Gasteiger partial charge in [-0.05, 0) is 35.4 Å². The summed E-state index contributed by atoms with van der Waals surface area (Å²) in [6, 6.07) is 16.6. The number of phenols is 1. The predicted molar refractivity (Wildman–Crippen MR) is 106 cm³/mol. The summed E-state index contributed by atoms with van der Waals surface area (Å²) in [5.74, 6) is 1.84. The van der Waals surface area contributed by atoms with Gasteiger partial charge in [0, 0.05) is 18.2 Å². The molecule has 1 heterocycles. The van der Waals surface area contributed by atoms with E-state index in [0.29, 0.717) is 17.2 Å². The Hall–Kier alpha value is -3.74. The highest BCUT2D eigenvalue weighted by atomic mass is 16.5. The van der Waals surface area contributed by atoms with E-state index in [0.717, 1.165) is 27.8 Å². The molecule has 3 aromatic carbocycles. The van der Waals surface area contributed by atoms with Crippen molar-refractivity contribution in [3.8, 4) is 39.8 Å². The Kier molecular flexibility index (Phi) is 4.49. The highest BCUT2D eigenvalue weighted by molar-refractivity contribution is 5.83. The van der Waals surface area contributed by atoms with E-state index in [4.69, 9.17) is 14.2 Å². The van der Waals surface area contributed by atoms with Crippen molar-refractivity contribution in [2.24, 2.45) is 0 Å². The summed E-state index contributed by atoms with van der Waals surface area (Å²) in [5, 5.41) is 18.6. The van der Waals surface area contributed by atoms with Crippen LogP contribution in [0.3, 0.4) is 0 Å². The van der Waals surface area contributed by atoms with Crippen molar-refractivity contribution >= 4 is 11.0 Å². The van der Waals surface area contributed by atoms with Crippen LogP contribution in [0.25, 0.3) is 27.8 Å². The predicted octanol–water partition coefficient (Wildman–Crippen LogP) is 3.82. The summed E-state index contributed by atoms with van der Waals surface area (Å²) in [6.07, 6.45) is 0. The van der Waals surface area contributed by atoms with E-state index in [1.807, 2.05) is 36.4 Å². The molecule has 0 radical (unpaired) electrons. The number of methoxy groups -OCH3 is 3. The topological polar surface area (TPSA) is 78.6 Å². The maximum atomic E-state index is 10.1. The van der Waals surface area contributed by atoms with Crippen molar-refractivity contribution in [3.63, 3.8) is 0 Å². The molecule has 0 saturated carbocycles. The number of aromatic nitrogens is 3. The lowest BCUT2D eigenvalue weighted by atomic mass is 10.0. The molecule has 0 aliphatic rings. The van der Waals surface area contributed by atoms with Crippen LogP contribution in [0.2, 0.25) is 0 Å². The van der Waals surface area contributed by atoms with Gasteiger partial charge in [-0.1, -0.05) is 17.3 Å². The van der Waals surface area contributed by atoms with E-state index in [-0.39, 0.29) is 5.75 Å². The zero-order valence-corrected chi connectivity index (χ0v) is 15.7. The van der Waals surface area contributed by atoms with Crippen molar-refractivity contribution in [3.05, 3.63) is 54.6 Å². The molecule has 0 amide bonds. The van der Waals surface area contributed by atoms with E-state index in [1.54, 1.807) is 37.1 Å². The third kappa shape index (κ3) is 3.07. The first-order valence-electron chi connectivity index (χ1n) is 8.59. The first-order valence-corrected chi connectivity index (χ1v) is 8.59. The molecule has 0 bridgehead atoms. The van der Waals surface area contributed by atoms with E-state index in [9.17, 15) is 5.11 Å². The molecule has 28 heavy (non-hydrogen) atoms. The number of phenolic OH excluding ortho intramolecular Hbond substituents is 1. The number of nitrogens with zero attached hydrogens (tertiary/aromatic N) is 3. The molecule has 0 fully saturated rings. The molecule has 0 aliphatic heterocycles. The molecule has 1 N–H and O–H groups in total. The third-order valence-electron chi connectivity index (χ3n) is 4.54. The molecule has 4 aromatic rings. The van der Waals surface area contributed by atoms with Gasteiger partial charge in [0.25, 0.3) is 0 Å². The van der Waals surface area contributed by atoms with Crippen molar-refractivity contribution in [2.45, 2.75) is 0 Å². The van der Waals surface area contributed by atoms with Gasteiger partial charge in [0.1, 0.15) is 17.0 Å². The lowest BCUT2D eigenvalue weighted by molar-refractivity contribution is 0.373. The second-order valence-electron chi connectivity index (χ2n) is 6.16. The second-order valence-corrected chi connectivity index (χ2v) is 6.16. The van der Waals surface area contributed by atoms with Gasteiger partial charge in [0.05, 0.1) is 32.5 Å². The fourth-order valence-corrected chi connectivity index (χ4v) is 3.07. The summed E-state index contributed by atoms with van der Waals surface area (Å²) in [6.45, 7) is 0. The average molecular weight is 377 g/mol. The van der Waals surface area contributed by atoms with Gasteiger partial charge in [-0.3, -0.25) is 0 Å². The summed E-state index contributed by atoms with van der Waals surface area (Å²) >= 11 is 0.